The van der Waals surface area contributed by atoms with Gasteiger partial charge in [0.2, 0.25) is 10.0 Å². The summed E-state index contributed by atoms with van der Waals surface area (Å²) in [5.41, 5.74) is 6.85. The number of nitrogen functional groups attached to an aromatic ring is 1. The molecule has 0 fully saturated rings. The molecule has 5 nitrogen and oxygen atoms in total. The molecular weight excluding hydrogens is 264 g/mol. The SMILES string of the molecule is CN(Cc1ccco1)S(=O)(=O)Cc1ccccc1N. The molecule has 0 saturated carbocycles. The number of nitrogens with two attached hydrogens (primary N) is 1. The van der Waals surface area contributed by atoms with Crippen LogP contribution >= 0.6 is 0 Å². The number of anilines is 1. The van der Waals surface area contributed by atoms with Crippen molar-refractivity contribution in [2.24, 2.45) is 0 Å². The van der Waals surface area contributed by atoms with E-state index in [4.69, 9.17) is 10.2 Å². The van der Waals surface area contributed by atoms with Crippen LogP contribution in [-0.2, 0) is 22.3 Å². The van der Waals surface area contributed by atoms with Crippen molar-refractivity contribution in [2.75, 3.05) is 12.8 Å². The van der Waals surface area contributed by atoms with E-state index in [2.05, 4.69) is 0 Å². The molecule has 0 radical (unpaired) electrons. The average molecular weight is 280 g/mol. The van der Waals surface area contributed by atoms with E-state index in [1.54, 1.807) is 36.4 Å². The molecule has 1 aromatic carbocycles. The lowest BCUT2D eigenvalue weighted by Gasteiger charge is -2.16. The zero-order chi connectivity index (χ0) is 13.9. The molecular formula is C13H16N2O3S. The molecule has 6 heteroatoms. The van der Waals surface area contributed by atoms with E-state index < -0.39 is 10.0 Å². The molecule has 0 spiro atoms. The minimum absolute atomic E-state index is 0.114. The second kappa shape index (κ2) is 5.46. The molecule has 0 aliphatic carbocycles. The third-order valence-electron chi connectivity index (χ3n) is 2.83. The maximum atomic E-state index is 12.2. The molecule has 19 heavy (non-hydrogen) atoms. The number of sulfonamides is 1. The highest BCUT2D eigenvalue weighted by atomic mass is 32.2. The van der Waals surface area contributed by atoms with E-state index in [1.165, 1.54) is 17.6 Å². The maximum absolute atomic E-state index is 12.2. The van der Waals surface area contributed by atoms with E-state index in [-0.39, 0.29) is 12.3 Å². The second-order valence-corrected chi connectivity index (χ2v) is 6.37. The third kappa shape index (κ3) is 3.36. The fourth-order valence-corrected chi connectivity index (χ4v) is 2.89. The van der Waals surface area contributed by atoms with Gasteiger partial charge in [-0.15, -0.1) is 0 Å². The number of para-hydroxylation sites is 1. The van der Waals surface area contributed by atoms with Crippen molar-refractivity contribution >= 4 is 15.7 Å². The van der Waals surface area contributed by atoms with Crippen LogP contribution in [0.15, 0.2) is 47.1 Å². The molecule has 0 aliphatic heterocycles. The van der Waals surface area contributed by atoms with Crippen molar-refractivity contribution in [1.82, 2.24) is 4.31 Å². The van der Waals surface area contributed by atoms with Crippen LogP contribution in [0, 0.1) is 0 Å². The molecule has 2 rings (SSSR count). The average Bonchev–Trinajstić information content (AvgIpc) is 2.84. The third-order valence-corrected chi connectivity index (χ3v) is 4.58. The standard InChI is InChI=1S/C13H16N2O3S/c1-15(9-12-6-4-8-18-12)19(16,17)10-11-5-2-3-7-13(11)14/h2-8H,9-10,14H2,1H3. The van der Waals surface area contributed by atoms with Gasteiger partial charge in [0.05, 0.1) is 18.6 Å². The van der Waals surface area contributed by atoms with Gasteiger partial charge in [-0.3, -0.25) is 0 Å². The number of rotatable bonds is 5. The summed E-state index contributed by atoms with van der Waals surface area (Å²) in [6.07, 6.45) is 1.52. The number of hydrogen-bond acceptors (Lipinski definition) is 4. The van der Waals surface area contributed by atoms with Gasteiger partial charge in [-0.2, -0.15) is 4.31 Å². The lowest BCUT2D eigenvalue weighted by molar-refractivity contribution is 0.406. The Morgan fingerprint density at radius 3 is 2.58 bits per heavy atom. The molecule has 2 aromatic rings. The summed E-state index contributed by atoms with van der Waals surface area (Å²) in [6.45, 7) is 0.210. The van der Waals surface area contributed by atoms with Gasteiger partial charge in [0.15, 0.2) is 0 Å². The predicted molar refractivity (Wildman–Crippen MR) is 73.7 cm³/mol. The quantitative estimate of drug-likeness (QED) is 0.848. The van der Waals surface area contributed by atoms with Crippen molar-refractivity contribution in [2.45, 2.75) is 12.3 Å². The fraction of sp³-hybridized carbons (Fsp3) is 0.231. The minimum atomic E-state index is -3.42. The summed E-state index contributed by atoms with van der Waals surface area (Å²) in [7, 11) is -1.89. The Morgan fingerprint density at radius 2 is 1.95 bits per heavy atom. The highest BCUT2D eigenvalue weighted by Crippen LogP contribution is 2.17. The first-order chi connectivity index (χ1) is 8.99. The molecule has 0 aliphatic rings. The Hall–Kier alpha value is -1.79. The van der Waals surface area contributed by atoms with Crippen LogP contribution in [0.4, 0.5) is 5.69 Å². The van der Waals surface area contributed by atoms with Gasteiger partial charge in [0, 0.05) is 12.7 Å². The predicted octanol–water partition coefficient (Wildman–Crippen LogP) is 1.82. The number of benzene rings is 1. The largest absolute Gasteiger partial charge is 0.468 e. The monoisotopic (exact) mass is 280 g/mol. The van der Waals surface area contributed by atoms with E-state index in [9.17, 15) is 8.42 Å². The van der Waals surface area contributed by atoms with Gasteiger partial charge >= 0.3 is 0 Å². The van der Waals surface area contributed by atoms with E-state index >= 15 is 0 Å². The Morgan fingerprint density at radius 1 is 1.21 bits per heavy atom. The molecule has 0 unspecified atom stereocenters. The van der Waals surface area contributed by atoms with Gasteiger partial charge in [0.25, 0.3) is 0 Å². The molecule has 0 atom stereocenters. The van der Waals surface area contributed by atoms with Gasteiger partial charge in [-0.05, 0) is 23.8 Å². The summed E-state index contributed by atoms with van der Waals surface area (Å²) in [4.78, 5) is 0. The number of hydrogen-bond donors (Lipinski definition) is 1. The van der Waals surface area contributed by atoms with Crippen LogP contribution in [-0.4, -0.2) is 19.8 Å². The first-order valence-electron chi connectivity index (χ1n) is 5.79. The van der Waals surface area contributed by atoms with Crippen LogP contribution in [0.25, 0.3) is 0 Å². The zero-order valence-corrected chi connectivity index (χ0v) is 11.4. The molecule has 2 N–H and O–H groups in total. The lowest BCUT2D eigenvalue weighted by Crippen LogP contribution is -2.27. The van der Waals surface area contributed by atoms with Gasteiger partial charge < -0.3 is 10.2 Å². The van der Waals surface area contributed by atoms with Crippen molar-refractivity contribution in [3.63, 3.8) is 0 Å². The van der Waals surface area contributed by atoms with Gasteiger partial charge in [-0.25, -0.2) is 8.42 Å². The van der Waals surface area contributed by atoms with Crippen molar-refractivity contribution < 1.29 is 12.8 Å². The topological polar surface area (TPSA) is 76.5 Å². The highest BCUT2D eigenvalue weighted by molar-refractivity contribution is 7.88. The minimum Gasteiger partial charge on any atom is -0.468 e. The Bertz CT molecular complexity index is 636. The van der Waals surface area contributed by atoms with Crippen LogP contribution in [0.2, 0.25) is 0 Å². The van der Waals surface area contributed by atoms with Gasteiger partial charge in [-0.1, -0.05) is 18.2 Å². The van der Waals surface area contributed by atoms with Crippen molar-refractivity contribution in [1.29, 1.82) is 0 Å². The molecule has 102 valence electrons. The smallest absolute Gasteiger partial charge is 0.218 e. The molecule has 0 amide bonds. The Labute approximate surface area is 112 Å². The van der Waals surface area contributed by atoms with Gasteiger partial charge in [0.1, 0.15) is 5.76 Å². The number of furan rings is 1. The van der Waals surface area contributed by atoms with E-state index in [1.807, 2.05) is 0 Å². The first kappa shape index (κ1) is 13.6. The summed E-state index contributed by atoms with van der Waals surface area (Å²) in [5, 5.41) is 0. The van der Waals surface area contributed by atoms with Crippen LogP contribution in [0.1, 0.15) is 11.3 Å². The normalized spacial score (nSPS) is 11.9. The molecule has 1 heterocycles. The van der Waals surface area contributed by atoms with Crippen molar-refractivity contribution in [3.8, 4) is 0 Å². The zero-order valence-electron chi connectivity index (χ0n) is 10.6. The van der Waals surface area contributed by atoms with E-state index in [0.29, 0.717) is 17.0 Å². The molecule has 0 bridgehead atoms. The number of nitrogens with zero attached hydrogens (tertiary/aromatic N) is 1. The van der Waals surface area contributed by atoms with Crippen LogP contribution in [0.5, 0.6) is 0 Å². The molecule has 1 aromatic heterocycles. The maximum Gasteiger partial charge on any atom is 0.218 e. The lowest BCUT2D eigenvalue weighted by atomic mass is 10.2. The summed E-state index contributed by atoms with van der Waals surface area (Å²) < 4.78 is 30.8. The first-order valence-corrected chi connectivity index (χ1v) is 7.40. The molecule has 0 saturated heterocycles. The van der Waals surface area contributed by atoms with Crippen LogP contribution in [0.3, 0.4) is 0 Å². The van der Waals surface area contributed by atoms with Crippen LogP contribution < -0.4 is 5.73 Å². The second-order valence-electron chi connectivity index (χ2n) is 4.29. The highest BCUT2D eigenvalue weighted by Gasteiger charge is 2.20. The van der Waals surface area contributed by atoms with E-state index in [0.717, 1.165) is 0 Å². The fourth-order valence-electron chi connectivity index (χ4n) is 1.69. The Balaban J connectivity index is 2.12. The Kier molecular flexibility index (Phi) is 3.92. The van der Waals surface area contributed by atoms with Crippen molar-refractivity contribution in [3.05, 3.63) is 54.0 Å². The summed E-state index contributed by atoms with van der Waals surface area (Å²) in [5.74, 6) is 0.490. The summed E-state index contributed by atoms with van der Waals surface area (Å²) in [6, 6.07) is 10.4. The summed E-state index contributed by atoms with van der Waals surface area (Å²) >= 11 is 0.